The van der Waals surface area contributed by atoms with E-state index in [1.165, 1.54) is 18.3 Å². The Morgan fingerprint density at radius 1 is 1.22 bits per heavy atom. The Labute approximate surface area is 105 Å². The Bertz CT molecular complexity index is 670. The molecule has 18 heavy (non-hydrogen) atoms. The third-order valence-electron chi connectivity index (χ3n) is 2.23. The molecule has 0 unspecified atom stereocenters. The number of para-hydroxylation sites is 1. The number of rotatable bonds is 3. The molecule has 0 saturated carbocycles. The van der Waals surface area contributed by atoms with E-state index in [0.29, 0.717) is 5.69 Å². The smallest absolute Gasteiger partial charge is 0.266 e. The highest BCUT2D eigenvalue weighted by molar-refractivity contribution is 7.92. The van der Waals surface area contributed by atoms with Gasteiger partial charge in [-0.05, 0) is 25.1 Å². The maximum Gasteiger partial charge on any atom is 0.266 e. The maximum absolute atomic E-state index is 12.1. The zero-order valence-electron chi connectivity index (χ0n) is 9.66. The van der Waals surface area contributed by atoms with Crippen LogP contribution in [-0.4, -0.2) is 18.4 Å². The molecule has 94 valence electrons. The van der Waals surface area contributed by atoms with E-state index in [1.54, 1.807) is 25.1 Å². The number of nitrogens with zero attached hydrogens (tertiary/aromatic N) is 2. The Morgan fingerprint density at radius 3 is 2.61 bits per heavy atom. The van der Waals surface area contributed by atoms with Crippen LogP contribution in [0.1, 0.15) is 5.69 Å². The van der Waals surface area contributed by atoms with Crippen LogP contribution in [-0.2, 0) is 10.0 Å². The monoisotopic (exact) mass is 264 g/mol. The highest BCUT2D eigenvalue weighted by Gasteiger charge is 2.18. The number of hydrogen-bond donors (Lipinski definition) is 2. The summed E-state index contributed by atoms with van der Waals surface area (Å²) in [4.78, 5) is 7.82. The number of aromatic nitrogens is 2. The van der Waals surface area contributed by atoms with Crippen molar-refractivity contribution in [2.24, 2.45) is 0 Å². The van der Waals surface area contributed by atoms with E-state index in [9.17, 15) is 8.42 Å². The average Bonchev–Trinajstić information content (AvgIpc) is 2.28. The molecule has 0 saturated heterocycles. The number of anilines is 2. The molecular formula is C11H12N4O2S. The quantitative estimate of drug-likeness (QED) is 0.811. The number of nitrogens with two attached hydrogens (primary N) is 1. The van der Waals surface area contributed by atoms with Crippen molar-refractivity contribution in [2.45, 2.75) is 11.8 Å². The highest BCUT2D eigenvalue weighted by Crippen LogP contribution is 2.19. The van der Waals surface area contributed by atoms with Crippen LogP contribution in [0.25, 0.3) is 0 Å². The van der Waals surface area contributed by atoms with Crippen molar-refractivity contribution < 1.29 is 8.42 Å². The minimum atomic E-state index is -3.76. The van der Waals surface area contributed by atoms with Crippen molar-refractivity contribution in [3.05, 3.63) is 42.2 Å². The van der Waals surface area contributed by atoms with E-state index in [2.05, 4.69) is 14.7 Å². The van der Waals surface area contributed by atoms with E-state index >= 15 is 0 Å². The summed E-state index contributed by atoms with van der Waals surface area (Å²) in [5, 5.41) is 0. The third-order valence-corrected chi connectivity index (χ3v) is 3.63. The molecule has 2 rings (SSSR count). The van der Waals surface area contributed by atoms with Gasteiger partial charge < -0.3 is 5.73 Å². The van der Waals surface area contributed by atoms with E-state index in [-0.39, 0.29) is 16.5 Å². The first-order chi connectivity index (χ1) is 8.49. The highest BCUT2D eigenvalue weighted by atomic mass is 32.2. The summed E-state index contributed by atoms with van der Waals surface area (Å²) >= 11 is 0. The first-order valence-electron chi connectivity index (χ1n) is 5.16. The molecular weight excluding hydrogens is 252 g/mol. The number of hydrogen-bond acceptors (Lipinski definition) is 5. The molecule has 0 aliphatic rings. The van der Waals surface area contributed by atoms with Gasteiger partial charge in [0.1, 0.15) is 4.90 Å². The van der Waals surface area contributed by atoms with Crippen LogP contribution in [0.15, 0.2) is 41.4 Å². The molecule has 0 bridgehead atoms. The lowest BCUT2D eigenvalue weighted by molar-refractivity contribution is 0.601. The lowest BCUT2D eigenvalue weighted by atomic mass is 10.3. The van der Waals surface area contributed by atoms with Gasteiger partial charge in [0.05, 0.1) is 5.69 Å². The zero-order valence-corrected chi connectivity index (χ0v) is 10.5. The standard InChI is InChI=1S/C11H12N4O2S/c1-8-6-7-13-11(14-8)15-18(16,17)10-5-3-2-4-9(10)12/h2-7H,12H2,1H3,(H,13,14,15). The fourth-order valence-corrected chi connectivity index (χ4v) is 2.48. The second kappa shape index (κ2) is 4.61. The van der Waals surface area contributed by atoms with Gasteiger partial charge in [0.25, 0.3) is 10.0 Å². The molecule has 1 heterocycles. The number of benzene rings is 1. The Balaban J connectivity index is 2.37. The average molecular weight is 264 g/mol. The summed E-state index contributed by atoms with van der Waals surface area (Å²) in [6.07, 6.45) is 1.48. The molecule has 0 spiro atoms. The molecule has 0 aliphatic heterocycles. The predicted molar refractivity (Wildman–Crippen MR) is 68.4 cm³/mol. The van der Waals surface area contributed by atoms with Crippen molar-refractivity contribution in [2.75, 3.05) is 10.5 Å². The van der Waals surface area contributed by atoms with Crippen molar-refractivity contribution in [1.82, 2.24) is 9.97 Å². The third kappa shape index (κ3) is 2.57. The SMILES string of the molecule is Cc1ccnc(NS(=O)(=O)c2ccccc2N)n1. The van der Waals surface area contributed by atoms with Gasteiger partial charge in [0, 0.05) is 11.9 Å². The molecule has 0 radical (unpaired) electrons. The summed E-state index contributed by atoms with van der Waals surface area (Å²) in [5.41, 5.74) is 6.48. The first-order valence-corrected chi connectivity index (χ1v) is 6.64. The fourth-order valence-electron chi connectivity index (χ4n) is 1.40. The molecule has 2 aromatic rings. The van der Waals surface area contributed by atoms with Gasteiger partial charge in [-0.3, -0.25) is 0 Å². The summed E-state index contributed by atoms with van der Waals surface area (Å²) < 4.78 is 26.4. The Hall–Kier alpha value is -2.15. The van der Waals surface area contributed by atoms with E-state index < -0.39 is 10.0 Å². The normalized spacial score (nSPS) is 11.2. The van der Waals surface area contributed by atoms with Crippen molar-refractivity contribution in [3.8, 4) is 0 Å². The molecule has 0 amide bonds. The maximum atomic E-state index is 12.1. The summed E-state index contributed by atoms with van der Waals surface area (Å²) in [5.74, 6) is 0.0262. The number of nitrogens with one attached hydrogen (secondary N) is 1. The van der Waals surface area contributed by atoms with Crippen LogP contribution in [0.5, 0.6) is 0 Å². The van der Waals surface area contributed by atoms with Crippen molar-refractivity contribution in [3.63, 3.8) is 0 Å². The second-order valence-corrected chi connectivity index (χ2v) is 5.32. The first kappa shape index (κ1) is 12.3. The van der Waals surface area contributed by atoms with Crippen LogP contribution < -0.4 is 10.5 Å². The number of sulfonamides is 1. The minimum Gasteiger partial charge on any atom is -0.398 e. The van der Waals surface area contributed by atoms with Gasteiger partial charge in [-0.1, -0.05) is 12.1 Å². The van der Waals surface area contributed by atoms with Gasteiger partial charge in [0.2, 0.25) is 5.95 Å². The lowest BCUT2D eigenvalue weighted by Crippen LogP contribution is -2.16. The van der Waals surface area contributed by atoms with Gasteiger partial charge in [-0.25, -0.2) is 23.1 Å². The minimum absolute atomic E-state index is 0.00936. The summed E-state index contributed by atoms with van der Waals surface area (Å²) in [7, 11) is -3.76. The van der Waals surface area contributed by atoms with Crippen molar-refractivity contribution >= 4 is 21.7 Å². The molecule has 0 atom stereocenters. The van der Waals surface area contributed by atoms with Gasteiger partial charge >= 0.3 is 0 Å². The Morgan fingerprint density at radius 2 is 1.94 bits per heavy atom. The van der Waals surface area contributed by atoms with Gasteiger partial charge in [-0.2, -0.15) is 0 Å². The summed E-state index contributed by atoms with van der Waals surface area (Å²) in [6, 6.07) is 7.88. The van der Waals surface area contributed by atoms with Gasteiger partial charge in [0.15, 0.2) is 0 Å². The number of nitrogen functional groups attached to an aromatic ring is 1. The van der Waals surface area contributed by atoms with E-state index in [0.717, 1.165) is 0 Å². The number of aryl methyl sites for hydroxylation is 1. The topological polar surface area (TPSA) is 98.0 Å². The van der Waals surface area contributed by atoms with Gasteiger partial charge in [-0.15, -0.1) is 0 Å². The second-order valence-electron chi connectivity index (χ2n) is 3.66. The molecule has 1 aromatic carbocycles. The van der Waals surface area contributed by atoms with Crippen LogP contribution in [0.2, 0.25) is 0 Å². The van der Waals surface area contributed by atoms with E-state index in [1.807, 2.05) is 0 Å². The van der Waals surface area contributed by atoms with Crippen molar-refractivity contribution in [1.29, 1.82) is 0 Å². The molecule has 7 heteroatoms. The lowest BCUT2D eigenvalue weighted by Gasteiger charge is -2.08. The van der Waals surface area contributed by atoms with Crippen LogP contribution in [0.3, 0.4) is 0 Å². The predicted octanol–water partition coefficient (Wildman–Crippen LogP) is 1.17. The molecule has 6 nitrogen and oxygen atoms in total. The Kier molecular flexibility index (Phi) is 3.15. The van der Waals surface area contributed by atoms with Crippen LogP contribution in [0.4, 0.5) is 11.6 Å². The molecule has 1 aromatic heterocycles. The zero-order chi connectivity index (χ0) is 13.2. The largest absolute Gasteiger partial charge is 0.398 e. The fraction of sp³-hybridized carbons (Fsp3) is 0.0909. The molecule has 0 fully saturated rings. The molecule has 3 N–H and O–H groups in total. The summed E-state index contributed by atoms with van der Waals surface area (Å²) in [6.45, 7) is 1.75. The molecule has 0 aliphatic carbocycles. The van der Waals surface area contributed by atoms with Crippen LogP contribution >= 0.6 is 0 Å². The van der Waals surface area contributed by atoms with Crippen LogP contribution in [0, 0.1) is 6.92 Å². The van der Waals surface area contributed by atoms with E-state index in [4.69, 9.17) is 5.73 Å².